The average molecular weight is 843 g/mol. The smallest absolute Gasteiger partial charge is 0.306 e. The van der Waals surface area contributed by atoms with Crippen molar-refractivity contribution in [1.29, 1.82) is 0 Å². The van der Waals surface area contributed by atoms with Crippen molar-refractivity contribution < 1.29 is 28.6 Å². The fraction of sp³-hybridized carbons (Fsp3) is 0.833. The average Bonchev–Trinajstić information content (AvgIpc) is 3.24. The molecule has 0 heterocycles. The summed E-state index contributed by atoms with van der Waals surface area (Å²) in [6, 6.07) is 0. The second kappa shape index (κ2) is 49.3. The van der Waals surface area contributed by atoms with Crippen LogP contribution in [0.15, 0.2) is 36.5 Å². The molecule has 350 valence electrons. The lowest BCUT2D eigenvalue weighted by atomic mass is 10.0. The van der Waals surface area contributed by atoms with Gasteiger partial charge in [0.05, 0.1) is 0 Å². The van der Waals surface area contributed by atoms with Crippen LogP contribution in [0.25, 0.3) is 0 Å². The summed E-state index contributed by atoms with van der Waals surface area (Å²) >= 11 is 0. The van der Waals surface area contributed by atoms with E-state index in [-0.39, 0.29) is 31.1 Å². The van der Waals surface area contributed by atoms with Crippen molar-refractivity contribution in [1.82, 2.24) is 0 Å². The number of hydrogen-bond acceptors (Lipinski definition) is 6. The summed E-state index contributed by atoms with van der Waals surface area (Å²) in [4.78, 5) is 37.7. The Kier molecular flexibility index (Phi) is 47.3. The van der Waals surface area contributed by atoms with Gasteiger partial charge in [0.2, 0.25) is 0 Å². The van der Waals surface area contributed by atoms with Crippen molar-refractivity contribution in [3.63, 3.8) is 0 Å². The normalized spacial score (nSPS) is 12.2. The predicted octanol–water partition coefficient (Wildman–Crippen LogP) is 16.9. The Labute approximate surface area is 372 Å². The summed E-state index contributed by atoms with van der Waals surface area (Å²) < 4.78 is 16.7. The molecule has 1 unspecified atom stereocenters. The molecular weight excluding hydrogens is 745 g/mol. The van der Waals surface area contributed by atoms with Crippen molar-refractivity contribution in [3.8, 4) is 0 Å². The van der Waals surface area contributed by atoms with Crippen molar-refractivity contribution in [3.05, 3.63) is 36.5 Å². The van der Waals surface area contributed by atoms with E-state index in [2.05, 4.69) is 57.2 Å². The first-order valence-corrected chi connectivity index (χ1v) is 26.0. The van der Waals surface area contributed by atoms with Crippen LogP contribution < -0.4 is 0 Å². The highest BCUT2D eigenvalue weighted by Crippen LogP contribution is 2.15. The topological polar surface area (TPSA) is 78.9 Å². The molecule has 0 aromatic heterocycles. The van der Waals surface area contributed by atoms with E-state index in [1.807, 2.05) is 0 Å². The van der Waals surface area contributed by atoms with Gasteiger partial charge in [0, 0.05) is 19.3 Å². The monoisotopic (exact) mass is 843 g/mol. The molecule has 0 fully saturated rings. The lowest BCUT2D eigenvalue weighted by Gasteiger charge is -2.18. The van der Waals surface area contributed by atoms with Gasteiger partial charge < -0.3 is 14.2 Å². The Bertz CT molecular complexity index is 1020. The maximum Gasteiger partial charge on any atom is 0.306 e. The van der Waals surface area contributed by atoms with Gasteiger partial charge in [-0.25, -0.2) is 0 Å². The van der Waals surface area contributed by atoms with Crippen LogP contribution in [-0.4, -0.2) is 37.2 Å². The van der Waals surface area contributed by atoms with Gasteiger partial charge in [-0.1, -0.05) is 211 Å². The maximum atomic E-state index is 12.7. The van der Waals surface area contributed by atoms with Crippen molar-refractivity contribution in [2.45, 2.75) is 277 Å². The lowest BCUT2D eigenvalue weighted by molar-refractivity contribution is -0.167. The molecule has 0 spiro atoms. The molecular formula is C54H98O6. The SMILES string of the molecule is CCCCC/C=C\CCCCCCCC(=O)OC(COC(=O)CCCCCCCCC)COC(=O)CCCCCCCCCCCCC/C=C\C/C=C\CCCCCCC. The lowest BCUT2D eigenvalue weighted by Crippen LogP contribution is -2.30. The van der Waals surface area contributed by atoms with Gasteiger partial charge in [0.25, 0.3) is 0 Å². The number of carbonyl (C=O) groups is 3. The van der Waals surface area contributed by atoms with Crippen LogP contribution in [0.5, 0.6) is 0 Å². The largest absolute Gasteiger partial charge is 0.462 e. The van der Waals surface area contributed by atoms with Gasteiger partial charge in [-0.3, -0.25) is 14.4 Å². The number of allylic oxidation sites excluding steroid dienone is 6. The van der Waals surface area contributed by atoms with Gasteiger partial charge >= 0.3 is 17.9 Å². The van der Waals surface area contributed by atoms with E-state index in [0.29, 0.717) is 19.3 Å². The molecule has 0 radical (unpaired) electrons. The highest BCUT2D eigenvalue weighted by atomic mass is 16.6. The van der Waals surface area contributed by atoms with E-state index >= 15 is 0 Å². The number of ether oxygens (including phenoxy) is 3. The van der Waals surface area contributed by atoms with Crippen LogP contribution in [0.4, 0.5) is 0 Å². The first kappa shape index (κ1) is 57.6. The van der Waals surface area contributed by atoms with Gasteiger partial charge in [-0.15, -0.1) is 0 Å². The number of rotatable bonds is 47. The molecule has 6 heteroatoms. The Morgan fingerprint density at radius 1 is 0.333 bits per heavy atom. The van der Waals surface area contributed by atoms with E-state index in [0.717, 1.165) is 70.6 Å². The van der Waals surface area contributed by atoms with E-state index in [1.165, 1.54) is 161 Å². The molecule has 0 bridgehead atoms. The van der Waals surface area contributed by atoms with Crippen LogP contribution in [0.2, 0.25) is 0 Å². The Morgan fingerprint density at radius 3 is 0.967 bits per heavy atom. The first-order chi connectivity index (χ1) is 29.5. The standard InChI is InChI=1S/C54H98O6/c1-4-7-10-13-16-18-20-22-23-24-25-26-27-28-29-30-31-32-34-35-38-41-44-47-53(56)59-50-51(49-58-52(55)46-43-40-37-15-12-9-6-3)60-54(57)48-45-42-39-36-33-21-19-17-14-11-8-5-2/h17,19-20,22,24-25,51H,4-16,18,21,23,26-50H2,1-3H3/b19-17-,22-20-,25-24-. The van der Waals surface area contributed by atoms with E-state index in [4.69, 9.17) is 14.2 Å². The van der Waals surface area contributed by atoms with Crippen LogP contribution in [0.1, 0.15) is 271 Å². The maximum absolute atomic E-state index is 12.7. The molecule has 0 aliphatic carbocycles. The summed E-state index contributed by atoms with van der Waals surface area (Å²) in [7, 11) is 0. The molecule has 1 atom stereocenters. The summed E-state index contributed by atoms with van der Waals surface area (Å²) in [5, 5.41) is 0. The van der Waals surface area contributed by atoms with Crippen LogP contribution in [-0.2, 0) is 28.6 Å². The molecule has 0 aromatic rings. The van der Waals surface area contributed by atoms with E-state index in [1.54, 1.807) is 0 Å². The molecule has 6 nitrogen and oxygen atoms in total. The quantitative estimate of drug-likeness (QED) is 0.0263. The molecule has 0 aliphatic rings. The minimum absolute atomic E-state index is 0.0743. The summed E-state index contributed by atoms with van der Waals surface area (Å²) in [5.74, 6) is -0.885. The van der Waals surface area contributed by atoms with Crippen LogP contribution in [0.3, 0.4) is 0 Å². The van der Waals surface area contributed by atoms with Gasteiger partial charge in [0.1, 0.15) is 13.2 Å². The van der Waals surface area contributed by atoms with Gasteiger partial charge in [-0.2, -0.15) is 0 Å². The molecule has 0 N–H and O–H groups in total. The Morgan fingerprint density at radius 2 is 0.600 bits per heavy atom. The first-order valence-electron chi connectivity index (χ1n) is 26.0. The van der Waals surface area contributed by atoms with Crippen molar-refractivity contribution in [2.24, 2.45) is 0 Å². The highest BCUT2D eigenvalue weighted by Gasteiger charge is 2.19. The Balaban J connectivity index is 4.15. The third kappa shape index (κ3) is 46.7. The molecule has 0 saturated heterocycles. The summed E-state index contributed by atoms with van der Waals surface area (Å²) in [6.45, 7) is 6.57. The number of esters is 3. The molecule has 0 saturated carbocycles. The minimum Gasteiger partial charge on any atom is -0.462 e. The second-order valence-electron chi connectivity index (χ2n) is 17.4. The molecule has 60 heavy (non-hydrogen) atoms. The van der Waals surface area contributed by atoms with E-state index < -0.39 is 6.10 Å². The summed E-state index contributed by atoms with van der Waals surface area (Å²) in [6.07, 6.45) is 57.2. The zero-order valence-electron chi connectivity index (χ0n) is 40.0. The van der Waals surface area contributed by atoms with Crippen LogP contribution in [0, 0.1) is 0 Å². The summed E-state index contributed by atoms with van der Waals surface area (Å²) in [5.41, 5.74) is 0. The third-order valence-electron chi connectivity index (χ3n) is 11.4. The van der Waals surface area contributed by atoms with Crippen molar-refractivity contribution in [2.75, 3.05) is 13.2 Å². The molecule has 0 amide bonds. The molecule has 0 aromatic carbocycles. The van der Waals surface area contributed by atoms with Crippen LogP contribution >= 0.6 is 0 Å². The van der Waals surface area contributed by atoms with E-state index in [9.17, 15) is 14.4 Å². The predicted molar refractivity (Wildman–Crippen MR) is 256 cm³/mol. The molecule has 0 aliphatic heterocycles. The third-order valence-corrected chi connectivity index (χ3v) is 11.4. The van der Waals surface area contributed by atoms with Crippen molar-refractivity contribution >= 4 is 17.9 Å². The second-order valence-corrected chi connectivity index (χ2v) is 17.4. The number of unbranched alkanes of at least 4 members (excludes halogenated alkanes) is 30. The minimum atomic E-state index is -0.771. The zero-order valence-corrected chi connectivity index (χ0v) is 40.0. The van der Waals surface area contributed by atoms with Gasteiger partial charge in [0.15, 0.2) is 6.10 Å². The highest BCUT2D eigenvalue weighted by molar-refractivity contribution is 5.71. The fourth-order valence-electron chi connectivity index (χ4n) is 7.41. The number of carbonyl (C=O) groups excluding carboxylic acids is 3. The Hall–Kier alpha value is -2.37. The van der Waals surface area contributed by atoms with Gasteiger partial charge in [-0.05, 0) is 77.0 Å². The molecule has 0 rings (SSSR count). The number of hydrogen-bond donors (Lipinski definition) is 0. The zero-order chi connectivity index (χ0) is 43.7. The fourth-order valence-corrected chi connectivity index (χ4v) is 7.41.